The highest BCUT2D eigenvalue weighted by molar-refractivity contribution is 5.94. The van der Waals surface area contributed by atoms with Crippen molar-refractivity contribution < 1.29 is 9.90 Å². The Bertz CT molecular complexity index is 610. The van der Waals surface area contributed by atoms with Crippen molar-refractivity contribution >= 4 is 5.91 Å². The summed E-state index contributed by atoms with van der Waals surface area (Å²) in [6, 6.07) is 7.24. The molecule has 0 saturated heterocycles. The van der Waals surface area contributed by atoms with Gasteiger partial charge in [-0.05, 0) is 49.4 Å². The zero-order chi connectivity index (χ0) is 15.4. The molecule has 2 N–H and O–H groups in total. The van der Waals surface area contributed by atoms with E-state index in [-0.39, 0.29) is 12.0 Å². The Hall–Kier alpha value is -2.21. The van der Waals surface area contributed by atoms with E-state index in [0.29, 0.717) is 18.0 Å². The third-order valence-electron chi connectivity index (χ3n) is 4.12. The molecule has 1 aromatic carbocycles. The first-order chi connectivity index (χ1) is 10.7. The minimum Gasteiger partial charge on any atom is -0.393 e. The van der Waals surface area contributed by atoms with Crippen molar-refractivity contribution in [3.63, 3.8) is 0 Å². The van der Waals surface area contributed by atoms with Gasteiger partial charge in [0.25, 0.3) is 5.91 Å². The van der Waals surface area contributed by atoms with Gasteiger partial charge in [0.2, 0.25) is 0 Å². The number of nitrogens with zero attached hydrogens (tertiary/aromatic N) is 3. The average Bonchev–Trinajstić information content (AvgIpc) is 3.07. The maximum absolute atomic E-state index is 12.2. The van der Waals surface area contributed by atoms with E-state index in [1.165, 1.54) is 0 Å². The Labute approximate surface area is 129 Å². The van der Waals surface area contributed by atoms with Crippen LogP contribution in [0.2, 0.25) is 0 Å². The molecule has 6 nitrogen and oxygen atoms in total. The monoisotopic (exact) mass is 300 g/mol. The fourth-order valence-corrected chi connectivity index (χ4v) is 2.90. The lowest BCUT2D eigenvalue weighted by atomic mass is 9.87. The van der Waals surface area contributed by atoms with Crippen LogP contribution in [0.1, 0.15) is 36.0 Å². The molecule has 116 valence electrons. The Morgan fingerprint density at radius 2 is 2.14 bits per heavy atom. The second-order valence-electron chi connectivity index (χ2n) is 5.79. The minimum absolute atomic E-state index is 0.0785. The molecular weight excluding hydrogens is 280 g/mol. The van der Waals surface area contributed by atoms with Crippen LogP contribution in [0.5, 0.6) is 0 Å². The van der Waals surface area contributed by atoms with E-state index in [0.717, 1.165) is 31.4 Å². The largest absolute Gasteiger partial charge is 0.393 e. The fourth-order valence-electron chi connectivity index (χ4n) is 2.90. The molecule has 2 unspecified atom stereocenters. The van der Waals surface area contributed by atoms with Gasteiger partial charge in [-0.25, -0.2) is 4.68 Å². The standard InChI is InChI=1S/C16H20N4O2/c21-15-3-1-2-12(10-15)11-17-16(22)13-4-6-14(7-5-13)20-9-8-18-19-20/h4-9,12,15,21H,1-3,10-11H2,(H,17,22). The lowest BCUT2D eigenvalue weighted by Gasteiger charge is -2.25. The van der Waals surface area contributed by atoms with E-state index in [9.17, 15) is 9.90 Å². The molecule has 1 saturated carbocycles. The number of aliphatic hydroxyl groups is 1. The fraction of sp³-hybridized carbons (Fsp3) is 0.438. The molecule has 1 fully saturated rings. The number of hydrogen-bond donors (Lipinski definition) is 2. The van der Waals surface area contributed by atoms with Crippen molar-refractivity contribution in [3.8, 4) is 5.69 Å². The summed E-state index contributed by atoms with van der Waals surface area (Å²) in [6.45, 7) is 0.626. The Morgan fingerprint density at radius 3 is 2.82 bits per heavy atom. The lowest BCUT2D eigenvalue weighted by molar-refractivity contribution is 0.0874. The summed E-state index contributed by atoms with van der Waals surface area (Å²) >= 11 is 0. The second kappa shape index (κ2) is 6.70. The summed E-state index contributed by atoms with van der Waals surface area (Å²) in [6.07, 6.45) is 6.93. The predicted octanol–water partition coefficient (Wildman–Crippen LogP) is 1.55. The highest BCUT2D eigenvalue weighted by Gasteiger charge is 2.20. The maximum Gasteiger partial charge on any atom is 0.251 e. The zero-order valence-electron chi connectivity index (χ0n) is 12.4. The molecule has 1 amide bonds. The van der Waals surface area contributed by atoms with Crippen molar-refractivity contribution in [1.82, 2.24) is 20.3 Å². The SMILES string of the molecule is O=C(NCC1CCCC(O)C1)c1ccc(-n2ccnn2)cc1. The van der Waals surface area contributed by atoms with Crippen LogP contribution in [0.15, 0.2) is 36.7 Å². The van der Waals surface area contributed by atoms with Gasteiger partial charge < -0.3 is 10.4 Å². The van der Waals surface area contributed by atoms with E-state index in [1.54, 1.807) is 29.2 Å². The number of nitrogens with one attached hydrogen (secondary N) is 1. The van der Waals surface area contributed by atoms with E-state index < -0.39 is 0 Å². The molecule has 2 aromatic rings. The number of rotatable bonds is 4. The zero-order valence-corrected chi connectivity index (χ0v) is 12.4. The number of carbonyl (C=O) groups is 1. The molecule has 1 aromatic heterocycles. The molecule has 3 rings (SSSR count). The molecule has 0 spiro atoms. The van der Waals surface area contributed by atoms with Crippen LogP contribution in [-0.2, 0) is 0 Å². The normalized spacial score (nSPS) is 21.5. The first-order valence-corrected chi connectivity index (χ1v) is 7.65. The van der Waals surface area contributed by atoms with E-state index >= 15 is 0 Å². The number of benzene rings is 1. The molecule has 1 aliphatic rings. The molecule has 2 atom stereocenters. The van der Waals surface area contributed by atoms with E-state index in [4.69, 9.17) is 0 Å². The maximum atomic E-state index is 12.2. The molecule has 22 heavy (non-hydrogen) atoms. The molecule has 1 aliphatic carbocycles. The predicted molar refractivity (Wildman–Crippen MR) is 81.7 cm³/mol. The van der Waals surface area contributed by atoms with E-state index in [2.05, 4.69) is 15.6 Å². The topological polar surface area (TPSA) is 80.0 Å². The summed E-state index contributed by atoms with van der Waals surface area (Å²) in [5.41, 5.74) is 1.49. The van der Waals surface area contributed by atoms with Crippen molar-refractivity contribution in [2.45, 2.75) is 31.8 Å². The summed E-state index contributed by atoms with van der Waals surface area (Å²) in [5.74, 6) is 0.298. The summed E-state index contributed by atoms with van der Waals surface area (Å²) in [5, 5.41) is 20.3. The van der Waals surface area contributed by atoms with Gasteiger partial charge in [0.05, 0.1) is 24.2 Å². The molecule has 1 heterocycles. The summed E-state index contributed by atoms with van der Waals surface area (Å²) < 4.78 is 1.64. The highest BCUT2D eigenvalue weighted by atomic mass is 16.3. The van der Waals surface area contributed by atoms with Gasteiger partial charge >= 0.3 is 0 Å². The molecule has 0 bridgehead atoms. The van der Waals surface area contributed by atoms with Crippen LogP contribution < -0.4 is 5.32 Å². The Balaban J connectivity index is 1.56. The van der Waals surface area contributed by atoms with Crippen molar-refractivity contribution in [2.75, 3.05) is 6.54 Å². The molecule has 0 aliphatic heterocycles. The first-order valence-electron chi connectivity index (χ1n) is 7.65. The van der Waals surface area contributed by atoms with Gasteiger partial charge in [0.15, 0.2) is 0 Å². The van der Waals surface area contributed by atoms with Crippen molar-refractivity contribution in [1.29, 1.82) is 0 Å². The minimum atomic E-state index is -0.211. The molecule has 0 radical (unpaired) electrons. The van der Waals surface area contributed by atoms with Crippen LogP contribution >= 0.6 is 0 Å². The Kier molecular flexibility index (Phi) is 4.48. The molecular formula is C16H20N4O2. The van der Waals surface area contributed by atoms with Gasteiger partial charge in [-0.1, -0.05) is 11.6 Å². The molecule has 6 heteroatoms. The summed E-state index contributed by atoms with van der Waals surface area (Å²) in [7, 11) is 0. The highest BCUT2D eigenvalue weighted by Crippen LogP contribution is 2.23. The van der Waals surface area contributed by atoms with Crippen LogP contribution in [0.25, 0.3) is 5.69 Å². The van der Waals surface area contributed by atoms with Crippen LogP contribution in [0.3, 0.4) is 0 Å². The van der Waals surface area contributed by atoms with Crippen LogP contribution in [0.4, 0.5) is 0 Å². The van der Waals surface area contributed by atoms with Gasteiger partial charge in [-0.2, -0.15) is 0 Å². The number of hydrogen-bond acceptors (Lipinski definition) is 4. The smallest absolute Gasteiger partial charge is 0.251 e. The van der Waals surface area contributed by atoms with Crippen LogP contribution in [-0.4, -0.2) is 38.7 Å². The van der Waals surface area contributed by atoms with Gasteiger partial charge in [0.1, 0.15) is 0 Å². The second-order valence-corrected chi connectivity index (χ2v) is 5.79. The lowest BCUT2D eigenvalue weighted by Crippen LogP contribution is -2.32. The number of aliphatic hydroxyl groups excluding tert-OH is 1. The van der Waals surface area contributed by atoms with Crippen molar-refractivity contribution in [2.24, 2.45) is 5.92 Å². The third-order valence-corrected chi connectivity index (χ3v) is 4.12. The average molecular weight is 300 g/mol. The number of amides is 1. The third kappa shape index (κ3) is 3.51. The summed E-state index contributed by atoms with van der Waals surface area (Å²) in [4.78, 5) is 12.2. The van der Waals surface area contributed by atoms with Crippen LogP contribution in [0, 0.1) is 5.92 Å². The Morgan fingerprint density at radius 1 is 1.32 bits per heavy atom. The number of aromatic nitrogens is 3. The van der Waals surface area contributed by atoms with Gasteiger partial charge in [0, 0.05) is 12.1 Å². The number of carbonyl (C=O) groups excluding carboxylic acids is 1. The first kappa shape index (κ1) is 14.7. The van der Waals surface area contributed by atoms with Gasteiger partial charge in [-0.15, -0.1) is 5.10 Å². The van der Waals surface area contributed by atoms with Gasteiger partial charge in [-0.3, -0.25) is 4.79 Å². The van der Waals surface area contributed by atoms with Crippen molar-refractivity contribution in [3.05, 3.63) is 42.2 Å². The quantitative estimate of drug-likeness (QED) is 0.898. The van der Waals surface area contributed by atoms with E-state index in [1.807, 2.05) is 12.1 Å².